The minimum atomic E-state index is -0.407. The van der Waals surface area contributed by atoms with Crippen LogP contribution in [0.3, 0.4) is 0 Å². The lowest BCUT2D eigenvalue weighted by atomic mass is 10.2. The monoisotopic (exact) mass is 183 g/mol. The molecule has 0 spiro atoms. The summed E-state index contributed by atoms with van der Waals surface area (Å²) >= 11 is 1.16. The lowest BCUT2D eigenvalue weighted by molar-refractivity contribution is 0.630. The molecular formula is C8H6FNOS. The molecule has 0 unspecified atom stereocenters. The maximum Gasteiger partial charge on any atom is 0.268 e. The van der Waals surface area contributed by atoms with Gasteiger partial charge < -0.3 is 0 Å². The van der Waals surface area contributed by atoms with E-state index in [1.807, 2.05) is 0 Å². The topological polar surface area (TPSA) is 32.9 Å². The van der Waals surface area contributed by atoms with Crippen molar-refractivity contribution in [2.24, 2.45) is 0 Å². The van der Waals surface area contributed by atoms with Crippen LogP contribution < -0.4 is 5.56 Å². The van der Waals surface area contributed by atoms with Gasteiger partial charge in [-0.1, -0.05) is 17.6 Å². The molecular weight excluding hydrogens is 177 g/mol. The number of aryl methyl sites for hydroxylation is 1. The molecule has 0 fully saturated rings. The average Bonchev–Trinajstić information content (AvgIpc) is 2.41. The first kappa shape index (κ1) is 7.49. The summed E-state index contributed by atoms with van der Waals surface area (Å²) in [6, 6.07) is 3.41. The molecule has 0 radical (unpaired) electrons. The summed E-state index contributed by atoms with van der Waals surface area (Å²) in [6.07, 6.45) is 0. The highest BCUT2D eigenvalue weighted by Crippen LogP contribution is 2.19. The van der Waals surface area contributed by atoms with Gasteiger partial charge in [-0.3, -0.25) is 9.17 Å². The molecule has 4 heteroatoms. The van der Waals surface area contributed by atoms with E-state index in [4.69, 9.17) is 0 Å². The van der Waals surface area contributed by atoms with Crippen molar-refractivity contribution < 1.29 is 4.39 Å². The molecule has 2 nitrogen and oxygen atoms in total. The fourth-order valence-corrected chi connectivity index (χ4v) is 1.84. The fraction of sp³-hybridized carbons (Fsp3) is 0.125. The second-order valence-electron chi connectivity index (χ2n) is 2.60. The lowest BCUT2D eigenvalue weighted by Crippen LogP contribution is -1.99. The van der Waals surface area contributed by atoms with E-state index in [1.165, 1.54) is 0 Å². The van der Waals surface area contributed by atoms with Crippen LogP contribution in [0, 0.1) is 12.7 Å². The van der Waals surface area contributed by atoms with Gasteiger partial charge in [-0.05, 0) is 18.6 Å². The van der Waals surface area contributed by atoms with Gasteiger partial charge in [-0.15, -0.1) is 0 Å². The number of fused-ring (bicyclic) bond motifs is 1. The zero-order valence-electron chi connectivity index (χ0n) is 6.35. The van der Waals surface area contributed by atoms with Crippen LogP contribution in [-0.4, -0.2) is 4.37 Å². The second kappa shape index (κ2) is 2.42. The number of rotatable bonds is 0. The van der Waals surface area contributed by atoms with Crippen LogP contribution in [0.2, 0.25) is 0 Å². The molecule has 2 aromatic rings. The lowest BCUT2D eigenvalue weighted by Gasteiger charge is -1.93. The molecule has 1 N–H and O–H groups in total. The number of halogens is 1. The highest BCUT2D eigenvalue weighted by molar-refractivity contribution is 7.13. The van der Waals surface area contributed by atoms with E-state index in [9.17, 15) is 9.18 Å². The first-order valence-corrected chi connectivity index (χ1v) is 4.28. The summed E-state index contributed by atoms with van der Waals surface area (Å²) in [5.74, 6) is -0.407. The molecule has 0 atom stereocenters. The summed E-state index contributed by atoms with van der Waals surface area (Å²) < 4.78 is 16.4. The zero-order valence-corrected chi connectivity index (χ0v) is 7.17. The minimum Gasteiger partial charge on any atom is -0.277 e. The van der Waals surface area contributed by atoms with Crippen LogP contribution in [0.4, 0.5) is 4.39 Å². The third-order valence-electron chi connectivity index (χ3n) is 1.78. The number of aromatic nitrogens is 1. The van der Waals surface area contributed by atoms with Crippen LogP contribution in [0.25, 0.3) is 10.1 Å². The van der Waals surface area contributed by atoms with Gasteiger partial charge in [0.05, 0.1) is 10.1 Å². The zero-order chi connectivity index (χ0) is 8.72. The Labute approximate surface area is 71.8 Å². The van der Waals surface area contributed by atoms with Crippen LogP contribution >= 0.6 is 11.5 Å². The van der Waals surface area contributed by atoms with Crippen LogP contribution in [-0.2, 0) is 0 Å². The van der Waals surface area contributed by atoms with Crippen molar-refractivity contribution in [2.75, 3.05) is 0 Å². The first-order valence-electron chi connectivity index (χ1n) is 3.46. The van der Waals surface area contributed by atoms with E-state index in [2.05, 4.69) is 4.37 Å². The van der Waals surface area contributed by atoms with E-state index in [0.29, 0.717) is 10.3 Å². The number of benzene rings is 1. The van der Waals surface area contributed by atoms with Crippen molar-refractivity contribution in [3.63, 3.8) is 0 Å². The molecule has 2 rings (SSSR count). The Morgan fingerprint density at radius 1 is 1.50 bits per heavy atom. The van der Waals surface area contributed by atoms with Crippen molar-refractivity contribution >= 4 is 21.6 Å². The van der Waals surface area contributed by atoms with Gasteiger partial charge in [0, 0.05) is 0 Å². The van der Waals surface area contributed by atoms with Gasteiger partial charge in [-0.2, -0.15) is 0 Å². The Morgan fingerprint density at radius 3 is 3.00 bits per heavy atom. The minimum absolute atomic E-state index is 0.181. The SMILES string of the molecule is Cc1ccc2s[nH]c(=O)c2c1F. The molecule has 0 saturated heterocycles. The summed E-state index contributed by atoms with van der Waals surface area (Å²) in [4.78, 5) is 11.1. The number of H-pyrrole nitrogens is 1. The maximum absolute atomic E-state index is 13.3. The fourth-order valence-electron chi connectivity index (χ4n) is 1.11. The van der Waals surface area contributed by atoms with E-state index in [0.717, 1.165) is 11.5 Å². The summed E-state index contributed by atoms with van der Waals surface area (Å²) in [5, 5.41) is 0.181. The molecule has 0 aliphatic rings. The molecule has 1 aromatic heterocycles. The van der Waals surface area contributed by atoms with E-state index in [-0.39, 0.29) is 10.9 Å². The second-order valence-corrected chi connectivity index (χ2v) is 3.45. The Hall–Kier alpha value is -1.16. The summed E-state index contributed by atoms with van der Waals surface area (Å²) in [5.41, 5.74) is 0.169. The van der Waals surface area contributed by atoms with E-state index >= 15 is 0 Å². The number of hydrogen-bond donors (Lipinski definition) is 1. The third-order valence-corrected chi connectivity index (χ3v) is 2.63. The van der Waals surface area contributed by atoms with Crippen LogP contribution in [0.15, 0.2) is 16.9 Å². The van der Waals surface area contributed by atoms with Crippen molar-refractivity contribution in [2.45, 2.75) is 6.92 Å². The van der Waals surface area contributed by atoms with Gasteiger partial charge in [0.15, 0.2) is 0 Å². The standard InChI is InChI=1S/C8H6FNOS/c1-4-2-3-5-6(7(4)9)8(11)10-12-5/h2-3H,1H3,(H,10,11). The van der Waals surface area contributed by atoms with Crippen molar-refractivity contribution in [3.05, 3.63) is 33.9 Å². The highest BCUT2D eigenvalue weighted by atomic mass is 32.1. The average molecular weight is 183 g/mol. The third kappa shape index (κ3) is 0.881. The van der Waals surface area contributed by atoms with Gasteiger partial charge in [0.25, 0.3) is 5.56 Å². The van der Waals surface area contributed by atoms with Crippen LogP contribution in [0.5, 0.6) is 0 Å². The highest BCUT2D eigenvalue weighted by Gasteiger charge is 2.08. The molecule has 12 heavy (non-hydrogen) atoms. The molecule has 0 aliphatic carbocycles. The van der Waals surface area contributed by atoms with E-state index in [1.54, 1.807) is 19.1 Å². The predicted octanol–water partition coefficient (Wildman–Crippen LogP) is 2.04. The van der Waals surface area contributed by atoms with Gasteiger partial charge in [0.1, 0.15) is 5.82 Å². The Balaban J connectivity index is 3.06. The normalized spacial score (nSPS) is 10.8. The van der Waals surface area contributed by atoms with Crippen molar-refractivity contribution in [3.8, 4) is 0 Å². The first-order chi connectivity index (χ1) is 5.70. The molecule has 1 heterocycles. The maximum atomic E-state index is 13.3. The van der Waals surface area contributed by atoms with Gasteiger partial charge in [-0.25, -0.2) is 4.39 Å². The quantitative estimate of drug-likeness (QED) is 0.666. The van der Waals surface area contributed by atoms with Crippen molar-refractivity contribution in [1.82, 2.24) is 4.37 Å². The van der Waals surface area contributed by atoms with Crippen LogP contribution in [0.1, 0.15) is 5.56 Å². The molecule has 0 aliphatic heterocycles. The molecule has 0 saturated carbocycles. The molecule has 0 amide bonds. The van der Waals surface area contributed by atoms with Crippen molar-refractivity contribution in [1.29, 1.82) is 0 Å². The largest absolute Gasteiger partial charge is 0.277 e. The molecule has 62 valence electrons. The number of nitrogens with one attached hydrogen (secondary N) is 1. The Kier molecular flexibility index (Phi) is 1.51. The molecule has 0 bridgehead atoms. The smallest absolute Gasteiger partial charge is 0.268 e. The molecule has 1 aromatic carbocycles. The van der Waals surface area contributed by atoms with E-state index < -0.39 is 5.82 Å². The van der Waals surface area contributed by atoms with Gasteiger partial charge in [0.2, 0.25) is 0 Å². The predicted molar refractivity (Wildman–Crippen MR) is 47.1 cm³/mol. The van der Waals surface area contributed by atoms with Gasteiger partial charge >= 0.3 is 0 Å². The number of hydrogen-bond acceptors (Lipinski definition) is 2. The Bertz CT molecular complexity index is 485. The summed E-state index contributed by atoms with van der Waals surface area (Å²) in [6.45, 7) is 1.64. The summed E-state index contributed by atoms with van der Waals surface area (Å²) in [7, 11) is 0. The number of aromatic amines is 1. The Morgan fingerprint density at radius 2 is 2.25 bits per heavy atom.